The summed E-state index contributed by atoms with van der Waals surface area (Å²) in [5, 5.41) is 2.68. The highest BCUT2D eigenvalue weighted by Gasteiger charge is 2.12. The topological polar surface area (TPSA) is 55.4 Å². The Hall–Kier alpha value is -1.84. The normalized spacial score (nSPS) is 11.7. The van der Waals surface area contributed by atoms with Crippen molar-refractivity contribution in [3.05, 3.63) is 29.8 Å². The molecular formula is C16H23NO3. The van der Waals surface area contributed by atoms with E-state index in [-0.39, 0.29) is 11.9 Å². The lowest BCUT2D eigenvalue weighted by Gasteiger charge is -2.03. The van der Waals surface area contributed by atoms with Crippen molar-refractivity contribution in [2.75, 3.05) is 11.9 Å². The number of carbonyl (C=O) groups is 2. The van der Waals surface area contributed by atoms with E-state index in [0.717, 1.165) is 24.1 Å². The Kier molecular flexibility index (Phi) is 6.77. The number of benzene rings is 1. The summed E-state index contributed by atoms with van der Waals surface area (Å²) in [4.78, 5) is 21.6. The summed E-state index contributed by atoms with van der Waals surface area (Å²) >= 11 is 0. The molecule has 20 heavy (non-hydrogen) atoms. The molecule has 0 aromatic heterocycles. The lowest BCUT2D eigenvalue weighted by atomic mass is 10.1. The smallest absolute Gasteiger partial charge is 0.305 e. The first-order valence-corrected chi connectivity index (χ1v) is 7.10. The molecule has 0 radical (unpaired) electrons. The van der Waals surface area contributed by atoms with Gasteiger partial charge in [0.1, 0.15) is 0 Å². The molecule has 4 heteroatoms. The largest absolute Gasteiger partial charge is 0.466 e. The van der Waals surface area contributed by atoms with Gasteiger partial charge in [-0.25, -0.2) is 0 Å². The van der Waals surface area contributed by atoms with E-state index in [0.29, 0.717) is 18.9 Å². The van der Waals surface area contributed by atoms with E-state index < -0.39 is 0 Å². The third kappa shape index (κ3) is 5.87. The van der Waals surface area contributed by atoms with Crippen LogP contribution in [-0.4, -0.2) is 18.5 Å². The van der Waals surface area contributed by atoms with Crippen LogP contribution in [-0.2, 0) is 9.53 Å². The van der Waals surface area contributed by atoms with Crippen LogP contribution in [0.2, 0.25) is 0 Å². The molecule has 1 amide bonds. The van der Waals surface area contributed by atoms with Crippen molar-refractivity contribution in [2.24, 2.45) is 5.92 Å². The molecule has 0 saturated heterocycles. The second-order valence-electron chi connectivity index (χ2n) is 5.13. The molecule has 0 spiro atoms. The van der Waals surface area contributed by atoms with E-state index in [4.69, 9.17) is 4.74 Å². The van der Waals surface area contributed by atoms with Crippen LogP contribution in [0.4, 0.5) is 5.69 Å². The van der Waals surface area contributed by atoms with E-state index in [9.17, 15) is 9.59 Å². The molecule has 1 aliphatic rings. The zero-order valence-electron chi connectivity index (χ0n) is 12.4. The van der Waals surface area contributed by atoms with Crippen LogP contribution in [0.25, 0.3) is 0 Å². The Morgan fingerprint density at radius 2 is 2.10 bits per heavy atom. The number of anilines is 1. The molecular weight excluding hydrogens is 254 g/mol. The first-order chi connectivity index (χ1) is 9.52. The standard InChI is InChI=1S/C9H18O2.C7H5NO/c1-4-11-9(10)7-5-6-8(2)3;9-7-5-2-1-3-6(4-5)8-7/h8H,4-7H2,1-3H3;1-4H,(H,8,9). The van der Waals surface area contributed by atoms with Crippen molar-refractivity contribution in [1.29, 1.82) is 0 Å². The van der Waals surface area contributed by atoms with Gasteiger partial charge in [0.2, 0.25) is 0 Å². The Bertz CT molecular complexity index is 455. The van der Waals surface area contributed by atoms with Crippen molar-refractivity contribution in [1.82, 2.24) is 0 Å². The summed E-state index contributed by atoms with van der Waals surface area (Å²) in [5.74, 6) is 0.632. The van der Waals surface area contributed by atoms with Gasteiger partial charge in [0.25, 0.3) is 5.91 Å². The molecule has 110 valence electrons. The van der Waals surface area contributed by atoms with E-state index >= 15 is 0 Å². The minimum atomic E-state index is -0.0619. The van der Waals surface area contributed by atoms with Gasteiger partial charge in [0.05, 0.1) is 6.61 Å². The van der Waals surface area contributed by atoms with E-state index in [1.165, 1.54) is 0 Å². The second-order valence-corrected chi connectivity index (χ2v) is 5.13. The Morgan fingerprint density at radius 1 is 1.35 bits per heavy atom. The van der Waals surface area contributed by atoms with Crippen molar-refractivity contribution < 1.29 is 14.3 Å². The lowest BCUT2D eigenvalue weighted by Crippen LogP contribution is -2.03. The Morgan fingerprint density at radius 3 is 2.65 bits per heavy atom. The zero-order chi connectivity index (χ0) is 15.0. The summed E-state index contributed by atoms with van der Waals surface area (Å²) in [6.45, 7) is 6.65. The Labute approximate surface area is 120 Å². The molecule has 2 bridgehead atoms. The average molecular weight is 277 g/mol. The molecule has 4 nitrogen and oxygen atoms in total. The van der Waals surface area contributed by atoms with Gasteiger partial charge in [0.15, 0.2) is 0 Å². The number of nitrogens with one attached hydrogen (secondary N) is 1. The summed E-state index contributed by atoms with van der Waals surface area (Å²) in [6.07, 6.45) is 2.64. The molecule has 1 aliphatic heterocycles. The highest BCUT2D eigenvalue weighted by molar-refractivity contribution is 6.09. The maximum absolute atomic E-state index is 10.8. The van der Waals surface area contributed by atoms with Crippen molar-refractivity contribution in [3.8, 4) is 0 Å². The number of rotatable bonds is 5. The fraction of sp³-hybridized carbons (Fsp3) is 0.500. The summed E-state index contributed by atoms with van der Waals surface area (Å²) in [6, 6.07) is 7.37. The summed E-state index contributed by atoms with van der Waals surface area (Å²) in [5.41, 5.74) is 1.66. The fourth-order valence-electron chi connectivity index (χ4n) is 1.83. The average Bonchev–Trinajstić information content (AvgIpc) is 2.63. The maximum atomic E-state index is 10.8. The quantitative estimate of drug-likeness (QED) is 0.836. The molecule has 0 fully saturated rings. The van der Waals surface area contributed by atoms with Crippen molar-refractivity contribution >= 4 is 17.6 Å². The van der Waals surface area contributed by atoms with Gasteiger partial charge < -0.3 is 10.1 Å². The zero-order valence-corrected chi connectivity index (χ0v) is 12.4. The van der Waals surface area contributed by atoms with Gasteiger partial charge >= 0.3 is 5.97 Å². The van der Waals surface area contributed by atoms with Gasteiger partial charge in [-0.15, -0.1) is 0 Å². The van der Waals surface area contributed by atoms with Crippen LogP contribution in [0.3, 0.4) is 0 Å². The number of ether oxygens (including phenoxy) is 1. The molecule has 1 aromatic carbocycles. The molecule has 2 rings (SSSR count). The van der Waals surface area contributed by atoms with Crippen LogP contribution in [0.5, 0.6) is 0 Å². The fourth-order valence-corrected chi connectivity index (χ4v) is 1.83. The third-order valence-electron chi connectivity index (χ3n) is 2.85. The number of amides is 1. The number of fused-ring (bicyclic) bond motifs is 2. The minimum Gasteiger partial charge on any atom is -0.466 e. The summed E-state index contributed by atoms with van der Waals surface area (Å²) in [7, 11) is 0. The number of esters is 1. The van der Waals surface area contributed by atoms with Gasteiger partial charge in [0, 0.05) is 17.7 Å². The van der Waals surface area contributed by atoms with Gasteiger partial charge in [-0.1, -0.05) is 26.3 Å². The van der Waals surface area contributed by atoms with Crippen molar-refractivity contribution in [3.63, 3.8) is 0 Å². The number of hydrogen-bond acceptors (Lipinski definition) is 3. The molecule has 0 unspecified atom stereocenters. The number of carbonyl (C=O) groups excluding carboxylic acids is 2. The predicted octanol–water partition coefficient (Wildman–Crippen LogP) is 3.63. The SMILES string of the molecule is CCOC(=O)CCCC(C)C.O=C1Nc2cccc1c2. The van der Waals surface area contributed by atoms with Gasteiger partial charge in [-0.2, -0.15) is 0 Å². The number of hydrogen-bond donors (Lipinski definition) is 1. The third-order valence-corrected chi connectivity index (χ3v) is 2.85. The van der Waals surface area contributed by atoms with Crippen LogP contribution in [0, 0.1) is 5.92 Å². The van der Waals surface area contributed by atoms with Crippen LogP contribution < -0.4 is 5.32 Å². The highest BCUT2D eigenvalue weighted by Crippen LogP contribution is 2.17. The molecule has 0 atom stereocenters. The van der Waals surface area contributed by atoms with E-state index in [1.54, 1.807) is 6.07 Å². The minimum absolute atomic E-state index is 0.00926. The van der Waals surface area contributed by atoms with Crippen LogP contribution in [0.1, 0.15) is 50.4 Å². The first-order valence-electron chi connectivity index (χ1n) is 7.10. The second kappa shape index (κ2) is 8.35. The predicted molar refractivity (Wildman–Crippen MR) is 79.7 cm³/mol. The molecule has 0 aliphatic carbocycles. The van der Waals surface area contributed by atoms with Crippen LogP contribution >= 0.6 is 0 Å². The maximum Gasteiger partial charge on any atom is 0.305 e. The molecule has 0 saturated carbocycles. The lowest BCUT2D eigenvalue weighted by molar-refractivity contribution is -0.143. The molecule has 1 heterocycles. The Balaban J connectivity index is 0.000000202. The van der Waals surface area contributed by atoms with Gasteiger partial charge in [-0.05, 0) is 37.5 Å². The van der Waals surface area contributed by atoms with Gasteiger partial charge in [-0.3, -0.25) is 9.59 Å². The molecule has 1 N–H and O–H groups in total. The summed E-state index contributed by atoms with van der Waals surface area (Å²) < 4.78 is 4.78. The highest BCUT2D eigenvalue weighted by atomic mass is 16.5. The monoisotopic (exact) mass is 277 g/mol. The van der Waals surface area contributed by atoms with E-state index in [2.05, 4.69) is 19.2 Å². The van der Waals surface area contributed by atoms with Crippen LogP contribution in [0.15, 0.2) is 24.3 Å². The molecule has 1 aromatic rings. The van der Waals surface area contributed by atoms with Crippen molar-refractivity contribution in [2.45, 2.75) is 40.0 Å². The van der Waals surface area contributed by atoms with E-state index in [1.807, 2.05) is 25.1 Å². The first kappa shape index (κ1) is 16.2.